The Bertz CT molecular complexity index is 2190. The number of hydrogen-bond acceptors (Lipinski definition) is 11. The van der Waals surface area contributed by atoms with Gasteiger partial charge in [-0.3, -0.25) is 19.7 Å². The molecule has 0 saturated carbocycles. The minimum atomic E-state index is -3.97. The number of ether oxygens (including phenoxy) is 1. The molecule has 0 aliphatic carbocycles. The van der Waals surface area contributed by atoms with Gasteiger partial charge in [-0.1, -0.05) is 6.07 Å². The number of urea groups is 1. The lowest BCUT2D eigenvalue weighted by molar-refractivity contribution is -0.120. The van der Waals surface area contributed by atoms with Gasteiger partial charge in [-0.15, -0.1) is 0 Å². The third-order valence-corrected chi connectivity index (χ3v) is 12.6. The van der Waals surface area contributed by atoms with Crippen LogP contribution in [0.15, 0.2) is 53.7 Å². The van der Waals surface area contributed by atoms with Crippen LogP contribution >= 0.6 is 0 Å². The summed E-state index contributed by atoms with van der Waals surface area (Å²) in [5.41, 5.74) is 0.778. The number of anilines is 2. The Hall–Kier alpha value is -4.85. The molecule has 0 radical (unpaired) electrons. The minimum absolute atomic E-state index is 0.0540. The fraction of sp³-hybridized carbons (Fsp3) is 0.486. The van der Waals surface area contributed by atoms with E-state index >= 15 is 4.39 Å². The van der Waals surface area contributed by atoms with E-state index in [9.17, 15) is 31.9 Å². The molecule has 300 valence electrons. The summed E-state index contributed by atoms with van der Waals surface area (Å²) < 4.78 is 74.6. The molecule has 2 aromatic carbocycles. The lowest BCUT2D eigenvalue weighted by Crippen LogP contribution is -2.49. The number of likely N-dealkylation sites (tertiary alicyclic amines) is 1. The van der Waals surface area contributed by atoms with Gasteiger partial charge in [0.2, 0.25) is 21.9 Å². The van der Waals surface area contributed by atoms with E-state index in [0.717, 1.165) is 47.8 Å². The lowest BCUT2D eigenvalue weighted by Gasteiger charge is -2.37. The molecule has 1 atom stereocenters. The second kappa shape index (κ2) is 16.0. The number of halogens is 3. The molecule has 19 heteroatoms. The summed E-state index contributed by atoms with van der Waals surface area (Å²) in [6.07, 6.45) is 4.89. The minimum Gasteiger partial charge on any atom is -0.432 e. The van der Waals surface area contributed by atoms with Gasteiger partial charge in [-0.2, -0.15) is 18.2 Å². The number of fused-ring (bicyclic) bond motifs is 1. The van der Waals surface area contributed by atoms with Crippen LogP contribution in [0.2, 0.25) is 0 Å². The fourth-order valence-electron chi connectivity index (χ4n) is 7.82. The lowest BCUT2D eigenvalue weighted by atomic mass is 9.88. The first-order chi connectivity index (χ1) is 26.6. The number of piperidine rings is 2. The van der Waals surface area contributed by atoms with Crippen molar-refractivity contribution in [2.75, 3.05) is 49.5 Å². The largest absolute Gasteiger partial charge is 0.432 e. The molecular weight excluding hydrogens is 756 g/mol. The van der Waals surface area contributed by atoms with Gasteiger partial charge in [0.25, 0.3) is 0 Å². The number of benzene rings is 2. The first-order valence-electron chi connectivity index (χ1n) is 18.5. The Morgan fingerprint density at radius 2 is 1.73 bits per heavy atom. The summed E-state index contributed by atoms with van der Waals surface area (Å²) in [5, 5.41) is 22.3. The smallest absolute Gasteiger partial charge is 0.387 e. The zero-order valence-corrected chi connectivity index (χ0v) is 31.8. The molecular formula is C37H44F3N9O6S. The van der Waals surface area contributed by atoms with E-state index in [1.165, 1.54) is 21.3 Å². The number of carbonyl (C=O) groups is 2. The summed E-state index contributed by atoms with van der Waals surface area (Å²) in [5.74, 6) is -0.108. The SMILES string of the molecule is Cn1nc(N2CCC(=O)NC2=O)c2ccc(C3CCN(CC(C)(O)Cc4cc(S(=O)(=O)N5CCC(Nc6ncc(OC(F)F)cn6)CC5)ccc4F)CC3)cc21. The summed E-state index contributed by atoms with van der Waals surface area (Å²) in [6.45, 7) is 0.943. The Labute approximate surface area is 321 Å². The maximum atomic E-state index is 15.1. The Kier molecular flexibility index (Phi) is 11.2. The zero-order chi connectivity index (χ0) is 39.8. The third kappa shape index (κ3) is 8.75. The fourth-order valence-corrected chi connectivity index (χ4v) is 9.34. The molecule has 3 N–H and O–H groups in total. The van der Waals surface area contributed by atoms with Gasteiger partial charge in [0.05, 0.1) is 28.4 Å². The molecule has 3 aliphatic heterocycles. The molecule has 5 heterocycles. The molecule has 7 rings (SSSR count). The maximum Gasteiger partial charge on any atom is 0.387 e. The molecule has 1 unspecified atom stereocenters. The third-order valence-electron chi connectivity index (χ3n) is 10.7. The Morgan fingerprint density at radius 3 is 2.41 bits per heavy atom. The van der Waals surface area contributed by atoms with Crippen molar-refractivity contribution in [3.05, 3.63) is 65.7 Å². The standard InChI is InChI=1S/C37H44F3N9O6S/c1-37(52,22-47-12-7-23(8-13-47)24-3-5-29-31(18-24)46(2)45-33(29)49-16-11-32(50)44-36(49)51)19-25-17-28(4-6-30(25)38)56(53,54)48-14-9-26(10-15-48)43-35-41-20-27(21-42-35)55-34(39)40/h3-6,17-18,20-21,23,26,34,52H,7-16,19,22H2,1-2H3,(H,41,42,43)(H,44,50,51). The van der Waals surface area contributed by atoms with Gasteiger partial charge in [0, 0.05) is 57.5 Å². The van der Waals surface area contributed by atoms with E-state index in [1.807, 2.05) is 19.2 Å². The van der Waals surface area contributed by atoms with Crippen molar-refractivity contribution in [1.82, 2.24) is 34.3 Å². The number of aryl methyl sites for hydroxylation is 1. The highest BCUT2D eigenvalue weighted by Crippen LogP contribution is 2.34. The topological polar surface area (TPSA) is 175 Å². The number of aromatic nitrogens is 4. The van der Waals surface area contributed by atoms with Gasteiger partial charge < -0.3 is 20.1 Å². The van der Waals surface area contributed by atoms with Gasteiger partial charge in [-0.05, 0) is 93.1 Å². The van der Waals surface area contributed by atoms with Crippen LogP contribution in [0, 0.1) is 5.82 Å². The van der Waals surface area contributed by atoms with Crippen LogP contribution in [0.4, 0.5) is 29.7 Å². The number of imide groups is 1. The summed E-state index contributed by atoms with van der Waals surface area (Å²) in [6, 6.07) is 9.14. The molecule has 15 nitrogen and oxygen atoms in total. The average molecular weight is 800 g/mol. The maximum absolute atomic E-state index is 15.1. The molecule has 3 fully saturated rings. The number of rotatable bonds is 12. The van der Waals surface area contributed by atoms with Crippen molar-refractivity contribution in [3.63, 3.8) is 0 Å². The number of carbonyl (C=O) groups excluding carboxylic acids is 2. The molecule has 3 aliphatic rings. The number of amides is 3. The first kappa shape index (κ1) is 39.4. The second-order valence-corrected chi connectivity index (χ2v) is 16.8. The number of nitrogens with zero attached hydrogens (tertiary/aromatic N) is 7. The number of sulfonamides is 1. The summed E-state index contributed by atoms with van der Waals surface area (Å²) in [7, 11) is -2.14. The van der Waals surface area contributed by atoms with Crippen molar-refractivity contribution in [1.29, 1.82) is 0 Å². The van der Waals surface area contributed by atoms with E-state index in [1.54, 1.807) is 11.6 Å². The van der Waals surface area contributed by atoms with Crippen LogP contribution in [-0.4, -0.2) is 112 Å². The molecule has 56 heavy (non-hydrogen) atoms. The normalized spacial score (nSPS) is 19.4. The molecule has 2 aromatic heterocycles. The number of hydrogen-bond donors (Lipinski definition) is 3. The van der Waals surface area contributed by atoms with Crippen LogP contribution in [0.25, 0.3) is 10.9 Å². The van der Waals surface area contributed by atoms with Crippen molar-refractivity contribution >= 4 is 44.6 Å². The van der Waals surface area contributed by atoms with Crippen LogP contribution < -0.4 is 20.3 Å². The van der Waals surface area contributed by atoms with Gasteiger partial charge in [0.15, 0.2) is 11.6 Å². The van der Waals surface area contributed by atoms with Crippen LogP contribution in [0.1, 0.15) is 56.1 Å². The van der Waals surface area contributed by atoms with E-state index in [2.05, 4.69) is 41.4 Å². The van der Waals surface area contributed by atoms with Crippen LogP contribution in [-0.2, 0) is 28.3 Å². The molecule has 3 saturated heterocycles. The van der Waals surface area contributed by atoms with Gasteiger partial charge >= 0.3 is 12.6 Å². The van der Waals surface area contributed by atoms with Crippen molar-refractivity contribution in [3.8, 4) is 5.75 Å². The molecule has 0 spiro atoms. The highest BCUT2D eigenvalue weighted by Gasteiger charge is 2.33. The molecule has 0 bridgehead atoms. The van der Waals surface area contributed by atoms with Gasteiger partial charge in [-0.25, -0.2) is 27.6 Å². The average Bonchev–Trinajstić information content (AvgIpc) is 3.48. The predicted octanol–water partition coefficient (Wildman–Crippen LogP) is 3.99. The quantitative estimate of drug-likeness (QED) is 0.189. The van der Waals surface area contributed by atoms with E-state index < -0.39 is 34.1 Å². The van der Waals surface area contributed by atoms with Crippen LogP contribution in [0.5, 0.6) is 5.75 Å². The number of aliphatic hydroxyl groups is 1. The molecule has 3 amide bonds. The predicted molar refractivity (Wildman–Crippen MR) is 199 cm³/mol. The summed E-state index contributed by atoms with van der Waals surface area (Å²) in [4.78, 5) is 35.6. The van der Waals surface area contributed by atoms with Gasteiger partial charge in [0.1, 0.15) is 5.82 Å². The van der Waals surface area contributed by atoms with Crippen molar-refractivity contribution in [2.45, 2.75) is 74.5 Å². The Morgan fingerprint density at radius 1 is 1.02 bits per heavy atom. The number of alkyl halides is 2. The first-order valence-corrected chi connectivity index (χ1v) is 19.9. The van der Waals surface area contributed by atoms with E-state index in [4.69, 9.17) is 0 Å². The monoisotopic (exact) mass is 799 g/mol. The second-order valence-electron chi connectivity index (χ2n) is 14.9. The Balaban J connectivity index is 0.927. The number of β-amino-alcohol motifs (C(OH)–C–C–N with tert-alkyl or cyclic N) is 1. The molecule has 4 aromatic rings. The highest BCUT2D eigenvalue weighted by atomic mass is 32.2. The summed E-state index contributed by atoms with van der Waals surface area (Å²) >= 11 is 0. The van der Waals surface area contributed by atoms with E-state index in [0.29, 0.717) is 31.7 Å². The van der Waals surface area contributed by atoms with Crippen LogP contribution in [0.3, 0.4) is 0 Å². The van der Waals surface area contributed by atoms with E-state index in [-0.39, 0.29) is 79.0 Å². The number of nitrogens with one attached hydrogen (secondary N) is 2. The zero-order valence-electron chi connectivity index (χ0n) is 31.0. The van der Waals surface area contributed by atoms with Crippen molar-refractivity contribution in [2.24, 2.45) is 7.05 Å². The highest BCUT2D eigenvalue weighted by molar-refractivity contribution is 7.89. The van der Waals surface area contributed by atoms with Crippen molar-refractivity contribution < 1.29 is 41.0 Å².